The number of benzene rings is 1. The normalized spacial score (nSPS) is 11.1. The van der Waals surface area contributed by atoms with Crippen LogP contribution < -0.4 is 5.32 Å². The summed E-state index contributed by atoms with van der Waals surface area (Å²) in [5, 5.41) is 12.1. The van der Waals surface area contributed by atoms with Gasteiger partial charge in [0.15, 0.2) is 6.61 Å². The number of nitriles is 1. The first-order valence-electron chi connectivity index (χ1n) is 9.38. The van der Waals surface area contributed by atoms with Gasteiger partial charge in [0, 0.05) is 5.69 Å². The maximum absolute atomic E-state index is 12.6. The maximum Gasteiger partial charge on any atom is 0.416 e. The first-order chi connectivity index (χ1) is 15.1. The lowest BCUT2D eigenvalue weighted by atomic mass is 10.1. The van der Waals surface area contributed by atoms with Gasteiger partial charge in [0.25, 0.3) is 5.91 Å². The largest absolute Gasteiger partial charge is 0.467 e. The van der Waals surface area contributed by atoms with Gasteiger partial charge in [-0.1, -0.05) is 0 Å². The summed E-state index contributed by atoms with van der Waals surface area (Å²) in [7, 11) is 0. The van der Waals surface area contributed by atoms with Gasteiger partial charge < -0.3 is 19.0 Å². The van der Waals surface area contributed by atoms with Crippen molar-refractivity contribution in [3.05, 3.63) is 76.4 Å². The molecule has 0 bridgehead atoms. The molecule has 0 aliphatic heterocycles. The van der Waals surface area contributed by atoms with Gasteiger partial charge in [0.2, 0.25) is 0 Å². The lowest BCUT2D eigenvalue weighted by Gasteiger charge is -2.12. The SMILES string of the molecule is Cc1c(C#N)c(NC(=O)COC(=O)c2ccc(C(F)(F)F)cc2)n(Cc2ccco2)c1C. The number of furan rings is 1. The number of ether oxygens (including phenoxy) is 1. The third-order valence-corrected chi connectivity index (χ3v) is 4.88. The molecule has 0 atom stereocenters. The number of aromatic nitrogens is 1. The Morgan fingerprint density at radius 3 is 2.44 bits per heavy atom. The number of carbonyl (C=O) groups is 2. The zero-order valence-corrected chi connectivity index (χ0v) is 17.1. The molecular weight excluding hydrogens is 427 g/mol. The molecule has 0 fully saturated rings. The summed E-state index contributed by atoms with van der Waals surface area (Å²) in [6.07, 6.45) is -3.02. The second-order valence-corrected chi connectivity index (χ2v) is 6.91. The van der Waals surface area contributed by atoms with Gasteiger partial charge in [-0.2, -0.15) is 18.4 Å². The molecule has 32 heavy (non-hydrogen) atoms. The smallest absolute Gasteiger partial charge is 0.416 e. The zero-order valence-electron chi connectivity index (χ0n) is 17.1. The van der Waals surface area contributed by atoms with Crippen LogP contribution in [0, 0.1) is 25.2 Å². The number of carbonyl (C=O) groups excluding carboxylic acids is 2. The van der Waals surface area contributed by atoms with Crippen molar-refractivity contribution in [3.8, 4) is 6.07 Å². The fourth-order valence-electron chi connectivity index (χ4n) is 3.06. The Morgan fingerprint density at radius 2 is 1.88 bits per heavy atom. The van der Waals surface area contributed by atoms with Gasteiger partial charge in [0.05, 0.1) is 29.5 Å². The number of nitrogens with one attached hydrogen (secondary N) is 1. The molecule has 166 valence electrons. The van der Waals surface area contributed by atoms with E-state index >= 15 is 0 Å². The van der Waals surface area contributed by atoms with E-state index in [0.29, 0.717) is 11.3 Å². The first-order valence-corrected chi connectivity index (χ1v) is 9.38. The van der Waals surface area contributed by atoms with Crippen LogP contribution in [-0.4, -0.2) is 23.1 Å². The minimum absolute atomic E-state index is 0.128. The van der Waals surface area contributed by atoms with E-state index in [9.17, 15) is 28.0 Å². The molecule has 1 aromatic carbocycles. The van der Waals surface area contributed by atoms with Crippen molar-refractivity contribution in [1.82, 2.24) is 4.57 Å². The lowest BCUT2D eigenvalue weighted by Crippen LogP contribution is -2.23. The second-order valence-electron chi connectivity index (χ2n) is 6.91. The van der Waals surface area contributed by atoms with Crippen LogP contribution in [0.2, 0.25) is 0 Å². The summed E-state index contributed by atoms with van der Waals surface area (Å²) >= 11 is 0. The summed E-state index contributed by atoms with van der Waals surface area (Å²) < 4.78 is 49.8. The first kappa shape index (κ1) is 22.7. The van der Waals surface area contributed by atoms with E-state index in [1.165, 1.54) is 6.26 Å². The molecule has 0 spiro atoms. The number of hydrogen-bond acceptors (Lipinski definition) is 5. The van der Waals surface area contributed by atoms with Gasteiger partial charge >= 0.3 is 12.1 Å². The number of esters is 1. The molecule has 0 aliphatic rings. The van der Waals surface area contributed by atoms with Gasteiger partial charge in [-0.3, -0.25) is 4.79 Å². The summed E-state index contributed by atoms with van der Waals surface area (Å²) in [5.74, 6) is -0.820. The molecule has 10 heteroatoms. The number of alkyl halides is 3. The van der Waals surface area contributed by atoms with E-state index in [2.05, 4.69) is 11.4 Å². The monoisotopic (exact) mass is 445 g/mol. The van der Waals surface area contributed by atoms with Crippen LogP contribution in [-0.2, 0) is 22.3 Å². The summed E-state index contributed by atoms with van der Waals surface area (Å²) in [5.41, 5.74) is 0.651. The zero-order chi connectivity index (χ0) is 23.5. The molecule has 3 aromatic rings. The fraction of sp³-hybridized carbons (Fsp3) is 0.227. The Bertz CT molecular complexity index is 1170. The second kappa shape index (κ2) is 9.01. The van der Waals surface area contributed by atoms with E-state index in [0.717, 1.165) is 30.0 Å². The Hall–Kier alpha value is -4.00. The highest BCUT2D eigenvalue weighted by Crippen LogP contribution is 2.29. The van der Waals surface area contributed by atoms with E-state index in [1.54, 1.807) is 30.5 Å². The number of hydrogen-bond donors (Lipinski definition) is 1. The summed E-state index contributed by atoms with van der Waals surface area (Å²) in [4.78, 5) is 24.5. The third-order valence-electron chi connectivity index (χ3n) is 4.88. The Labute approximate surface area is 181 Å². The van der Waals surface area contributed by atoms with Crippen LogP contribution in [0.3, 0.4) is 0 Å². The molecule has 7 nitrogen and oxygen atoms in total. The van der Waals surface area contributed by atoms with Crippen LogP contribution in [0.1, 0.15) is 38.5 Å². The van der Waals surface area contributed by atoms with Crippen LogP contribution in [0.5, 0.6) is 0 Å². The van der Waals surface area contributed by atoms with Gasteiger partial charge in [-0.05, 0) is 55.8 Å². The molecule has 0 saturated heterocycles. The van der Waals surface area contributed by atoms with Crippen molar-refractivity contribution in [2.75, 3.05) is 11.9 Å². The highest BCUT2D eigenvalue weighted by molar-refractivity contribution is 5.96. The van der Waals surface area contributed by atoms with E-state index in [4.69, 9.17) is 9.15 Å². The standard InChI is InChI=1S/C22H18F3N3O4/c1-13-14(2)28(11-17-4-3-9-31-17)20(18(13)10-26)27-19(29)12-32-21(30)15-5-7-16(8-6-15)22(23,24)25/h3-9H,11-12H2,1-2H3,(H,27,29). The van der Waals surface area contributed by atoms with Gasteiger partial charge in [-0.25, -0.2) is 4.79 Å². The third kappa shape index (κ3) is 4.83. The number of amides is 1. The Balaban J connectivity index is 1.70. The van der Waals surface area contributed by atoms with E-state index in [1.807, 2.05) is 0 Å². The molecule has 0 unspecified atom stereocenters. The molecule has 3 rings (SSSR count). The molecule has 0 saturated carbocycles. The van der Waals surface area contributed by atoms with Crippen LogP contribution >= 0.6 is 0 Å². The van der Waals surface area contributed by atoms with E-state index < -0.39 is 30.2 Å². The van der Waals surface area contributed by atoms with Crippen LogP contribution in [0.4, 0.5) is 19.0 Å². The van der Waals surface area contributed by atoms with Crippen molar-refractivity contribution in [2.45, 2.75) is 26.6 Å². The van der Waals surface area contributed by atoms with Gasteiger partial charge in [-0.15, -0.1) is 0 Å². The quantitative estimate of drug-likeness (QED) is 0.566. The van der Waals surface area contributed by atoms with E-state index in [-0.39, 0.29) is 23.5 Å². The van der Waals surface area contributed by atoms with Crippen molar-refractivity contribution < 1.29 is 31.9 Å². The molecule has 2 aromatic heterocycles. The topological polar surface area (TPSA) is 97.3 Å². The molecule has 2 heterocycles. The minimum atomic E-state index is -4.53. The average molecular weight is 445 g/mol. The maximum atomic E-state index is 12.6. The highest BCUT2D eigenvalue weighted by atomic mass is 19.4. The molecular formula is C22H18F3N3O4. The fourth-order valence-corrected chi connectivity index (χ4v) is 3.06. The van der Waals surface area contributed by atoms with Gasteiger partial charge in [0.1, 0.15) is 17.6 Å². The van der Waals surface area contributed by atoms with Crippen LogP contribution in [0.25, 0.3) is 0 Å². The van der Waals surface area contributed by atoms with Crippen molar-refractivity contribution in [1.29, 1.82) is 5.26 Å². The lowest BCUT2D eigenvalue weighted by molar-refractivity contribution is -0.137. The minimum Gasteiger partial charge on any atom is -0.467 e. The van der Waals surface area contributed by atoms with Crippen molar-refractivity contribution in [2.24, 2.45) is 0 Å². The number of rotatable bonds is 6. The Kier molecular flexibility index (Phi) is 6.39. The molecule has 1 amide bonds. The molecule has 0 aliphatic carbocycles. The average Bonchev–Trinajstić information content (AvgIpc) is 3.34. The predicted octanol–water partition coefficient (Wildman–Crippen LogP) is 4.43. The molecule has 1 N–H and O–H groups in total. The number of halogens is 3. The van der Waals surface area contributed by atoms with Crippen molar-refractivity contribution in [3.63, 3.8) is 0 Å². The number of nitrogens with zero attached hydrogens (tertiary/aromatic N) is 2. The number of anilines is 1. The predicted molar refractivity (Wildman–Crippen MR) is 107 cm³/mol. The summed E-state index contributed by atoms with van der Waals surface area (Å²) in [6, 6.07) is 8.96. The highest BCUT2D eigenvalue weighted by Gasteiger charge is 2.30. The summed E-state index contributed by atoms with van der Waals surface area (Å²) in [6.45, 7) is 3.11. The molecule has 0 radical (unpaired) electrons. The Morgan fingerprint density at radius 1 is 1.19 bits per heavy atom. The van der Waals surface area contributed by atoms with Crippen molar-refractivity contribution >= 4 is 17.7 Å². The van der Waals surface area contributed by atoms with Crippen LogP contribution in [0.15, 0.2) is 47.1 Å².